The first-order chi connectivity index (χ1) is 8.49. The molecule has 3 atom stereocenters. The quantitative estimate of drug-likeness (QED) is 0.706. The van der Waals surface area contributed by atoms with Gasteiger partial charge in [-0.25, -0.2) is 0 Å². The molecule has 18 heavy (non-hydrogen) atoms. The zero-order valence-corrected chi connectivity index (χ0v) is 10.9. The van der Waals surface area contributed by atoms with Gasteiger partial charge in [0.25, 0.3) is 0 Å². The van der Waals surface area contributed by atoms with E-state index < -0.39 is 0 Å². The van der Waals surface area contributed by atoms with E-state index in [0.29, 0.717) is 6.04 Å². The Bertz CT molecular complexity index is 495. The maximum Gasteiger partial charge on any atom is 0.0823 e. The molecule has 1 fully saturated rings. The third-order valence-corrected chi connectivity index (χ3v) is 4.05. The molecule has 0 spiro atoms. The second kappa shape index (κ2) is 3.84. The number of aliphatic hydroxyl groups excluding tert-OH is 1. The molecule has 0 radical (unpaired) electrons. The van der Waals surface area contributed by atoms with Gasteiger partial charge in [-0.15, -0.1) is 0 Å². The molecular weight excluding hydrogens is 224 g/mol. The molecule has 2 aliphatic rings. The van der Waals surface area contributed by atoms with Crippen molar-refractivity contribution in [1.82, 2.24) is 10.6 Å². The molecule has 3 nitrogen and oxygen atoms in total. The highest BCUT2D eigenvalue weighted by Crippen LogP contribution is 2.35. The van der Waals surface area contributed by atoms with Crippen LogP contribution in [0.5, 0.6) is 0 Å². The number of benzene rings is 1. The highest BCUT2D eigenvalue weighted by Gasteiger charge is 2.47. The van der Waals surface area contributed by atoms with Gasteiger partial charge in [-0.1, -0.05) is 30.8 Å². The summed E-state index contributed by atoms with van der Waals surface area (Å²) < 4.78 is 0. The zero-order chi connectivity index (χ0) is 12.9. The summed E-state index contributed by atoms with van der Waals surface area (Å²) in [5.74, 6) is 0. The van der Waals surface area contributed by atoms with Crippen molar-refractivity contribution in [2.24, 2.45) is 0 Å². The van der Waals surface area contributed by atoms with Gasteiger partial charge >= 0.3 is 0 Å². The van der Waals surface area contributed by atoms with Crippen LogP contribution in [-0.4, -0.2) is 22.8 Å². The molecule has 3 rings (SSSR count). The Morgan fingerprint density at radius 1 is 1.44 bits per heavy atom. The Balaban J connectivity index is 1.76. The van der Waals surface area contributed by atoms with Crippen molar-refractivity contribution in [1.29, 1.82) is 0 Å². The molecule has 0 aromatic heterocycles. The second-order valence-electron chi connectivity index (χ2n) is 5.92. The Hall–Kier alpha value is -1.32. The maximum absolute atomic E-state index is 10.2. The molecule has 1 aliphatic carbocycles. The van der Waals surface area contributed by atoms with Gasteiger partial charge in [0, 0.05) is 17.7 Å². The minimum absolute atomic E-state index is 0.0214. The fraction of sp³-hybridized carbons (Fsp3) is 0.467. The number of hydrogen-bond acceptors (Lipinski definition) is 3. The lowest BCUT2D eigenvalue weighted by molar-refractivity contribution is 0.146. The first-order valence-corrected chi connectivity index (χ1v) is 6.48. The van der Waals surface area contributed by atoms with Crippen LogP contribution in [0.25, 0.3) is 0 Å². The first-order valence-electron chi connectivity index (χ1n) is 6.48. The standard InChI is InChI=1S/C15H20N2O/c1-9(14-15(2,3)17-14)16-13-11-7-5-4-6-10(11)8-12(13)18/h4-7,12-14,16-18H,1,8H2,2-3H3/t12-,13+,14-/m1/s1. The summed E-state index contributed by atoms with van der Waals surface area (Å²) in [6.07, 6.45) is 0.365. The number of rotatable bonds is 3. The first kappa shape index (κ1) is 11.8. The van der Waals surface area contributed by atoms with E-state index in [9.17, 15) is 5.11 Å². The van der Waals surface area contributed by atoms with Crippen LogP contribution in [0.15, 0.2) is 36.5 Å². The van der Waals surface area contributed by atoms with Gasteiger partial charge in [0.1, 0.15) is 0 Å². The second-order valence-corrected chi connectivity index (χ2v) is 5.92. The van der Waals surface area contributed by atoms with E-state index in [4.69, 9.17) is 0 Å². The SMILES string of the molecule is C=C(N[C@H]1c2ccccc2C[C@H]1O)[C@H]1NC1(C)C. The van der Waals surface area contributed by atoms with E-state index >= 15 is 0 Å². The molecule has 1 aromatic carbocycles. The topological polar surface area (TPSA) is 54.2 Å². The van der Waals surface area contributed by atoms with Crippen LogP contribution in [-0.2, 0) is 6.42 Å². The fourth-order valence-corrected chi connectivity index (χ4v) is 2.88. The molecule has 1 heterocycles. The summed E-state index contributed by atoms with van der Waals surface area (Å²) in [6.45, 7) is 8.41. The maximum atomic E-state index is 10.2. The predicted octanol–water partition coefficient (Wildman–Crippen LogP) is 1.50. The van der Waals surface area contributed by atoms with E-state index in [-0.39, 0.29) is 17.7 Å². The van der Waals surface area contributed by atoms with Crippen molar-refractivity contribution in [2.75, 3.05) is 0 Å². The summed E-state index contributed by atoms with van der Waals surface area (Å²) in [5, 5.41) is 16.9. The monoisotopic (exact) mass is 244 g/mol. The number of aliphatic hydroxyl groups is 1. The van der Waals surface area contributed by atoms with Crippen LogP contribution >= 0.6 is 0 Å². The van der Waals surface area contributed by atoms with Crippen molar-refractivity contribution in [3.8, 4) is 0 Å². The van der Waals surface area contributed by atoms with Crippen molar-refractivity contribution in [3.05, 3.63) is 47.7 Å². The number of fused-ring (bicyclic) bond motifs is 1. The summed E-state index contributed by atoms with van der Waals surface area (Å²) >= 11 is 0. The minimum Gasteiger partial charge on any atom is -0.390 e. The van der Waals surface area contributed by atoms with Crippen LogP contribution in [0.4, 0.5) is 0 Å². The van der Waals surface area contributed by atoms with Crippen LogP contribution < -0.4 is 10.6 Å². The number of hydrogen-bond donors (Lipinski definition) is 3. The number of nitrogens with one attached hydrogen (secondary N) is 2. The lowest BCUT2D eigenvalue weighted by atomic mass is 10.1. The van der Waals surface area contributed by atoms with Gasteiger partial charge < -0.3 is 15.7 Å². The molecule has 0 bridgehead atoms. The Morgan fingerprint density at radius 2 is 2.11 bits per heavy atom. The van der Waals surface area contributed by atoms with Crippen molar-refractivity contribution in [3.63, 3.8) is 0 Å². The van der Waals surface area contributed by atoms with Crippen LogP contribution in [0.1, 0.15) is 31.0 Å². The lowest BCUT2D eigenvalue weighted by Crippen LogP contribution is -2.30. The van der Waals surface area contributed by atoms with E-state index in [1.165, 1.54) is 11.1 Å². The molecule has 1 aliphatic heterocycles. The molecule has 1 saturated heterocycles. The zero-order valence-electron chi connectivity index (χ0n) is 10.9. The van der Waals surface area contributed by atoms with Crippen molar-refractivity contribution in [2.45, 2.75) is 44.0 Å². The molecule has 1 aromatic rings. The fourth-order valence-electron chi connectivity index (χ4n) is 2.88. The van der Waals surface area contributed by atoms with Crippen LogP contribution in [0.3, 0.4) is 0 Å². The normalized spacial score (nSPS) is 31.8. The summed E-state index contributed by atoms with van der Waals surface area (Å²) in [4.78, 5) is 0. The summed E-state index contributed by atoms with van der Waals surface area (Å²) in [5.41, 5.74) is 3.54. The largest absolute Gasteiger partial charge is 0.390 e. The molecular formula is C15H20N2O. The third-order valence-electron chi connectivity index (χ3n) is 4.05. The van der Waals surface area contributed by atoms with Gasteiger partial charge in [-0.3, -0.25) is 0 Å². The smallest absolute Gasteiger partial charge is 0.0823 e. The molecule has 3 heteroatoms. The Kier molecular flexibility index (Phi) is 2.50. The van der Waals surface area contributed by atoms with Crippen LogP contribution in [0, 0.1) is 0 Å². The summed E-state index contributed by atoms with van der Waals surface area (Å²) in [6, 6.07) is 8.50. The highest BCUT2D eigenvalue weighted by atomic mass is 16.3. The van der Waals surface area contributed by atoms with Crippen molar-refractivity contribution < 1.29 is 5.11 Å². The summed E-state index contributed by atoms with van der Waals surface area (Å²) in [7, 11) is 0. The highest BCUT2D eigenvalue weighted by molar-refractivity contribution is 5.38. The van der Waals surface area contributed by atoms with Gasteiger partial charge in [-0.2, -0.15) is 0 Å². The Labute approximate surface area is 108 Å². The molecule has 0 saturated carbocycles. The van der Waals surface area contributed by atoms with Crippen molar-refractivity contribution >= 4 is 0 Å². The van der Waals surface area contributed by atoms with Gasteiger partial charge in [-0.05, 0) is 25.0 Å². The minimum atomic E-state index is -0.360. The average Bonchev–Trinajstić information content (AvgIpc) is 2.84. The van der Waals surface area contributed by atoms with Crippen LogP contribution in [0.2, 0.25) is 0 Å². The van der Waals surface area contributed by atoms with E-state index in [0.717, 1.165) is 12.1 Å². The molecule has 3 N–H and O–H groups in total. The average molecular weight is 244 g/mol. The van der Waals surface area contributed by atoms with E-state index in [1.54, 1.807) is 0 Å². The molecule has 0 unspecified atom stereocenters. The van der Waals surface area contributed by atoms with E-state index in [1.807, 2.05) is 12.1 Å². The van der Waals surface area contributed by atoms with Gasteiger partial charge in [0.15, 0.2) is 0 Å². The molecule has 96 valence electrons. The lowest BCUT2D eigenvalue weighted by Gasteiger charge is -2.21. The van der Waals surface area contributed by atoms with Gasteiger partial charge in [0.2, 0.25) is 0 Å². The van der Waals surface area contributed by atoms with Gasteiger partial charge in [0.05, 0.1) is 18.2 Å². The predicted molar refractivity (Wildman–Crippen MR) is 72.2 cm³/mol. The third kappa shape index (κ3) is 1.84. The Morgan fingerprint density at radius 3 is 2.78 bits per heavy atom. The molecule has 0 amide bonds. The van der Waals surface area contributed by atoms with E-state index in [2.05, 4.69) is 43.2 Å².